The number of nitro groups is 1. The number of nitro benzene ring substituents is 1. The number of fused-ring (bicyclic) bond motifs is 1. The molecule has 14 nitrogen and oxygen atoms in total. The zero-order valence-corrected chi connectivity index (χ0v) is 27.8. The highest BCUT2D eigenvalue weighted by molar-refractivity contribution is 6.12. The molecular weight excluding hydrogens is 658 g/mol. The number of carbonyl (C=O) groups excluding carboxylic acids is 3. The molecule has 6 rings (SSSR count). The number of ether oxygens (including phenoxy) is 2. The summed E-state index contributed by atoms with van der Waals surface area (Å²) in [6, 6.07) is 26.1. The second-order valence-electron chi connectivity index (χ2n) is 12.1. The van der Waals surface area contributed by atoms with Crippen molar-refractivity contribution in [3.05, 3.63) is 119 Å². The molecule has 1 saturated heterocycles. The maximum absolute atomic E-state index is 14.2. The van der Waals surface area contributed by atoms with Gasteiger partial charge in [0.25, 0.3) is 17.5 Å². The third-order valence-electron chi connectivity index (χ3n) is 8.63. The van der Waals surface area contributed by atoms with E-state index in [1.807, 2.05) is 0 Å². The first kappa shape index (κ1) is 34.2. The van der Waals surface area contributed by atoms with Crippen LogP contribution in [0.5, 0.6) is 23.0 Å². The number of amides is 4. The molecule has 51 heavy (non-hydrogen) atoms. The van der Waals surface area contributed by atoms with Gasteiger partial charge in [0.2, 0.25) is 0 Å². The lowest BCUT2D eigenvalue weighted by atomic mass is 9.92. The normalized spacial score (nSPS) is 15.5. The van der Waals surface area contributed by atoms with Crippen LogP contribution in [0.15, 0.2) is 103 Å². The predicted octanol–water partition coefficient (Wildman–Crippen LogP) is 6.33. The number of methoxy groups -OCH3 is 1. The fourth-order valence-corrected chi connectivity index (χ4v) is 5.80. The monoisotopic (exact) mass is 691 g/mol. The summed E-state index contributed by atoms with van der Waals surface area (Å²) in [5, 5.41) is 39.0. The number of phenols is 1. The molecule has 3 N–H and O–H groups in total. The van der Waals surface area contributed by atoms with E-state index in [0.29, 0.717) is 22.5 Å². The molecule has 5 aromatic rings. The number of aliphatic hydroxyl groups excluding tert-OH is 1. The molecule has 0 bridgehead atoms. The zero-order valence-electron chi connectivity index (χ0n) is 27.8. The van der Waals surface area contributed by atoms with Gasteiger partial charge in [-0.1, -0.05) is 54.6 Å². The Morgan fingerprint density at radius 2 is 1.61 bits per heavy atom. The summed E-state index contributed by atoms with van der Waals surface area (Å²) in [5.41, 5.74) is -1.04. The molecule has 0 saturated carbocycles. The van der Waals surface area contributed by atoms with E-state index in [-0.39, 0.29) is 46.1 Å². The van der Waals surface area contributed by atoms with Crippen LogP contribution in [0.2, 0.25) is 0 Å². The summed E-state index contributed by atoms with van der Waals surface area (Å²) in [5.74, 6) is -1.22. The first-order valence-electron chi connectivity index (χ1n) is 15.7. The minimum absolute atomic E-state index is 0.0105. The fraction of sp³-hybridized carbons (Fsp3) is 0.162. The number of aliphatic hydroxyl groups is 1. The Balaban J connectivity index is 1.42. The van der Waals surface area contributed by atoms with Gasteiger partial charge in [-0.15, -0.1) is 0 Å². The molecule has 4 amide bonds. The van der Waals surface area contributed by atoms with Crippen LogP contribution in [0.4, 0.5) is 27.5 Å². The number of hydrazine groups is 1. The van der Waals surface area contributed by atoms with E-state index in [4.69, 9.17) is 9.47 Å². The quantitative estimate of drug-likeness (QED) is 0.117. The van der Waals surface area contributed by atoms with E-state index in [9.17, 15) is 34.7 Å². The minimum Gasteiger partial charge on any atom is -0.506 e. The summed E-state index contributed by atoms with van der Waals surface area (Å²) >= 11 is 0. The Kier molecular flexibility index (Phi) is 9.18. The molecule has 1 heterocycles. The smallest absolute Gasteiger partial charge is 0.350 e. The van der Waals surface area contributed by atoms with Crippen molar-refractivity contribution in [2.75, 3.05) is 42.5 Å². The molecule has 1 unspecified atom stereocenters. The number of urea groups is 1. The van der Waals surface area contributed by atoms with Crippen LogP contribution in [0.25, 0.3) is 10.8 Å². The number of aromatic hydroxyl groups is 1. The summed E-state index contributed by atoms with van der Waals surface area (Å²) in [6.45, 7) is 0.996. The number of anilines is 3. The lowest BCUT2D eigenvalue weighted by Gasteiger charge is -2.31. The van der Waals surface area contributed by atoms with Crippen molar-refractivity contribution in [3.63, 3.8) is 0 Å². The average molecular weight is 692 g/mol. The number of benzene rings is 5. The number of carbonyl (C=O) groups is 3. The molecule has 1 atom stereocenters. The number of nitrogens with zero attached hydrogens (tertiary/aromatic N) is 4. The second-order valence-corrected chi connectivity index (χ2v) is 12.1. The zero-order chi connectivity index (χ0) is 36.4. The largest absolute Gasteiger partial charge is 0.506 e. The van der Waals surface area contributed by atoms with Crippen molar-refractivity contribution in [2.24, 2.45) is 5.41 Å². The maximum atomic E-state index is 14.2. The molecule has 260 valence electrons. The Labute approximate surface area is 291 Å². The molecule has 5 aromatic carbocycles. The molecule has 1 fully saturated rings. The molecule has 0 aliphatic carbocycles. The highest BCUT2D eigenvalue weighted by Gasteiger charge is 2.51. The predicted molar refractivity (Wildman–Crippen MR) is 189 cm³/mol. The van der Waals surface area contributed by atoms with Gasteiger partial charge in [-0.05, 0) is 43.3 Å². The Bertz CT molecular complexity index is 2180. The maximum Gasteiger partial charge on any atom is 0.350 e. The highest BCUT2D eigenvalue weighted by atomic mass is 16.6. The molecule has 0 spiro atoms. The molecular formula is C37H33N5O9. The van der Waals surface area contributed by atoms with Crippen molar-refractivity contribution in [2.45, 2.75) is 6.92 Å². The first-order valence-corrected chi connectivity index (χ1v) is 15.7. The summed E-state index contributed by atoms with van der Waals surface area (Å²) in [6.07, 6.45) is 0. The molecule has 0 aromatic heterocycles. The number of nitrogens with one attached hydrogen (secondary N) is 1. The Morgan fingerprint density at radius 3 is 2.29 bits per heavy atom. The topological polar surface area (TPSA) is 175 Å². The second kappa shape index (κ2) is 13.7. The van der Waals surface area contributed by atoms with Gasteiger partial charge in [0.05, 0.1) is 53.2 Å². The van der Waals surface area contributed by atoms with E-state index < -0.39 is 34.8 Å². The molecule has 1 aliphatic rings. The Hall–Kier alpha value is -6.67. The number of non-ortho nitro benzene ring substituents is 1. The standard InChI is InChI=1S/C37H33N5O9/c1-37(22-43)21-40(23-11-5-4-6-12-23)41(35(37)46)36(47)39(2)29-19-24(42(48)49)17-18-31(29)51-32-20-27(33(44)26-14-8-7-13-25(26)32)34(45)38-28-15-9-10-16-30(28)50-3/h4-20,43-44H,21-22H2,1-3H3,(H,38,45). The third-order valence-corrected chi connectivity index (χ3v) is 8.63. The van der Waals surface area contributed by atoms with E-state index in [1.54, 1.807) is 78.9 Å². The number of rotatable bonds is 9. The van der Waals surface area contributed by atoms with Gasteiger partial charge in [0.15, 0.2) is 5.75 Å². The highest BCUT2D eigenvalue weighted by Crippen LogP contribution is 2.43. The minimum atomic E-state index is -1.32. The van der Waals surface area contributed by atoms with Crippen LogP contribution in [-0.4, -0.2) is 65.3 Å². The summed E-state index contributed by atoms with van der Waals surface area (Å²) in [7, 11) is 2.79. The van der Waals surface area contributed by atoms with Crippen molar-refractivity contribution >= 4 is 51.4 Å². The summed E-state index contributed by atoms with van der Waals surface area (Å²) in [4.78, 5) is 53.8. The van der Waals surface area contributed by atoms with E-state index >= 15 is 0 Å². The number of para-hydroxylation sites is 3. The van der Waals surface area contributed by atoms with Gasteiger partial charge in [0.1, 0.15) is 17.2 Å². The number of phenolic OH excluding ortho intramolecular Hbond substituents is 1. The molecule has 1 aliphatic heterocycles. The van der Waals surface area contributed by atoms with Crippen molar-refractivity contribution in [1.29, 1.82) is 0 Å². The van der Waals surface area contributed by atoms with Crippen LogP contribution >= 0.6 is 0 Å². The molecule has 0 radical (unpaired) electrons. The Morgan fingerprint density at radius 1 is 0.941 bits per heavy atom. The molecule has 14 heteroatoms. The van der Waals surface area contributed by atoms with Gasteiger partial charge in [-0.2, -0.15) is 5.01 Å². The SMILES string of the molecule is COc1ccccc1NC(=O)c1cc(Oc2ccc([N+](=O)[O-])cc2N(C)C(=O)N2C(=O)C(C)(CO)CN2c2ccccc2)c2ccccc2c1O. The van der Waals surface area contributed by atoms with Gasteiger partial charge < -0.3 is 25.0 Å². The van der Waals surface area contributed by atoms with Gasteiger partial charge in [-0.3, -0.25) is 29.6 Å². The fourth-order valence-electron chi connectivity index (χ4n) is 5.80. The van der Waals surface area contributed by atoms with Gasteiger partial charge in [-0.25, -0.2) is 4.79 Å². The average Bonchev–Trinajstić information content (AvgIpc) is 3.42. The number of hydrogen-bond acceptors (Lipinski definition) is 10. The van der Waals surface area contributed by atoms with Crippen LogP contribution in [-0.2, 0) is 4.79 Å². The lowest BCUT2D eigenvalue weighted by Crippen LogP contribution is -2.50. The van der Waals surface area contributed by atoms with E-state index in [0.717, 1.165) is 16.0 Å². The van der Waals surface area contributed by atoms with Crippen molar-refractivity contribution in [3.8, 4) is 23.0 Å². The number of hydrogen-bond donors (Lipinski definition) is 3. The van der Waals surface area contributed by atoms with Gasteiger partial charge >= 0.3 is 6.03 Å². The summed E-state index contributed by atoms with van der Waals surface area (Å²) < 4.78 is 11.7. The first-order chi connectivity index (χ1) is 24.5. The van der Waals surface area contributed by atoms with Gasteiger partial charge in [0, 0.05) is 30.0 Å². The van der Waals surface area contributed by atoms with Crippen LogP contribution < -0.4 is 24.7 Å². The lowest BCUT2D eigenvalue weighted by molar-refractivity contribution is -0.384. The van der Waals surface area contributed by atoms with Crippen LogP contribution in [0.1, 0.15) is 17.3 Å². The number of imide groups is 1. The van der Waals surface area contributed by atoms with Crippen LogP contribution in [0, 0.1) is 15.5 Å². The van der Waals surface area contributed by atoms with Crippen molar-refractivity contribution < 1.29 is 39.0 Å². The van der Waals surface area contributed by atoms with E-state index in [2.05, 4.69) is 5.32 Å². The van der Waals surface area contributed by atoms with Crippen LogP contribution in [0.3, 0.4) is 0 Å². The van der Waals surface area contributed by atoms with Crippen molar-refractivity contribution in [1.82, 2.24) is 5.01 Å². The van der Waals surface area contributed by atoms with E-state index in [1.165, 1.54) is 44.3 Å². The third kappa shape index (κ3) is 6.31.